The molecule has 0 saturated heterocycles. The van der Waals surface area contributed by atoms with Crippen LogP contribution in [-0.4, -0.2) is 4.57 Å². The Labute approximate surface area is 349 Å². The summed E-state index contributed by atoms with van der Waals surface area (Å²) in [5.74, 6) is 0. The summed E-state index contributed by atoms with van der Waals surface area (Å²) in [6.07, 6.45) is 0. The molecule has 3 heteroatoms. The molecule has 0 N–H and O–H groups in total. The highest BCUT2D eigenvalue weighted by molar-refractivity contribution is 6.11. The van der Waals surface area contributed by atoms with Crippen LogP contribution in [0.5, 0.6) is 0 Å². The number of fused-ring (bicyclic) bond motifs is 5. The minimum atomic E-state index is -0.108. The van der Waals surface area contributed by atoms with Gasteiger partial charge in [-0.3, -0.25) is 0 Å². The molecule has 0 aliphatic carbocycles. The number of anilines is 6. The molecule has 0 aliphatic rings. The average Bonchev–Trinajstić information content (AvgIpc) is 3.67. The summed E-state index contributed by atoms with van der Waals surface area (Å²) in [5, 5.41) is 6.52. The van der Waals surface area contributed by atoms with Crippen molar-refractivity contribution >= 4 is 77.5 Å². The first-order chi connectivity index (χ1) is 30.9. The number of benzene rings is 10. The number of nitrogens with zero attached hydrogens (tertiary/aromatic N) is 3. The molecular weight excluding hydrogens is 715 g/mol. The van der Waals surface area contributed by atoms with Gasteiger partial charge in [-0.15, -0.1) is 0 Å². The molecule has 11 aromatic rings. The Morgan fingerprint density at radius 3 is 1.66 bits per heavy atom. The smallest absolute Gasteiger partial charge is 0.0645 e. The fourth-order valence-corrected chi connectivity index (χ4v) is 8.44. The lowest BCUT2D eigenvalue weighted by atomic mass is 9.99. The zero-order valence-electron chi connectivity index (χ0n) is 36.0. The molecule has 0 unspecified atom stereocenters. The Balaban J connectivity index is 1.05. The minimum absolute atomic E-state index is 0.0926. The lowest BCUT2D eigenvalue weighted by Crippen LogP contribution is -2.10. The molecular formula is C56H39N3. The summed E-state index contributed by atoms with van der Waals surface area (Å²) >= 11 is 0. The second kappa shape index (κ2) is 14.6. The Hall–Kier alpha value is -7.88. The normalized spacial score (nSPS) is 12.3. The molecule has 10 aromatic carbocycles. The lowest BCUT2D eigenvalue weighted by molar-refractivity contribution is 1.18. The summed E-state index contributed by atoms with van der Waals surface area (Å²) in [7, 11) is 0. The number of rotatable bonds is 8. The fourth-order valence-electron chi connectivity index (χ4n) is 8.44. The van der Waals surface area contributed by atoms with Gasteiger partial charge in [-0.1, -0.05) is 139 Å². The highest BCUT2D eigenvalue weighted by Crippen LogP contribution is 2.43. The van der Waals surface area contributed by atoms with Crippen LogP contribution in [0.2, 0.25) is 0 Å². The summed E-state index contributed by atoms with van der Waals surface area (Å²) in [6, 6.07) is 71.7. The van der Waals surface area contributed by atoms with E-state index in [0.29, 0.717) is 5.56 Å². The second-order valence-corrected chi connectivity index (χ2v) is 14.7. The molecule has 0 aliphatic heterocycles. The van der Waals surface area contributed by atoms with Gasteiger partial charge in [-0.05, 0) is 124 Å². The maximum atomic E-state index is 9.32. The first-order valence-electron chi connectivity index (χ1n) is 21.9. The predicted octanol–water partition coefficient (Wildman–Crippen LogP) is 15.7. The first-order valence-corrected chi connectivity index (χ1v) is 19.9. The molecule has 11 rings (SSSR count). The topological polar surface area (TPSA) is 11.4 Å². The predicted molar refractivity (Wildman–Crippen MR) is 251 cm³/mol. The van der Waals surface area contributed by atoms with Gasteiger partial charge in [0.05, 0.1) is 22.2 Å². The molecule has 278 valence electrons. The standard InChI is InChI=1S/C56H39N3/c1-4-17-45(18-5-1)57(46-19-6-2-7-20-46)48-32-29-40(30-33-48)42-27-28-44-38-49(34-31-43(44)37-42)58(54-26-14-16-41-15-10-11-23-51(41)54)50-35-36-56-53(39-50)52-24-12-13-25-55(52)59(56)47-21-8-3-9-22-47/h1-39H/i29D,30D,32D,33D. The van der Waals surface area contributed by atoms with Crippen molar-refractivity contribution < 1.29 is 5.48 Å². The number of hydrogen-bond acceptors (Lipinski definition) is 2. The van der Waals surface area contributed by atoms with Crippen molar-refractivity contribution in [2.24, 2.45) is 0 Å². The van der Waals surface area contributed by atoms with Crippen LogP contribution in [0.15, 0.2) is 236 Å². The monoisotopic (exact) mass is 757 g/mol. The fraction of sp³-hybridized carbons (Fsp3) is 0. The minimum Gasteiger partial charge on any atom is -0.311 e. The van der Waals surface area contributed by atoms with E-state index in [0.717, 1.165) is 72.1 Å². The van der Waals surface area contributed by atoms with Gasteiger partial charge in [-0.2, -0.15) is 0 Å². The van der Waals surface area contributed by atoms with E-state index in [-0.39, 0.29) is 35.4 Å². The van der Waals surface area contributed by atoms with Gasteiger partial charge in [0.2, 0.25) is 0 Å². The van der Waals surface area contributed by atoms with Crippen molar-refractivity contribution in [3.05, 3.63) is 236 Å². The number of aromatic nitrogens is 1. The molecule has 0 atom stereocenters. The highest BCUT2D eigenvalue weighted by Gasteiger charge is 2.19. The van der Waals surface area contributed by atoms with Crippen LogP contribution >= 0.6 is 0 Å². The quantitative estimate of drug-likeness (QED) is 0.153. The third-order valence-electron chi connectivity index (χ3n) is 11.2. The molecule has 3 nitrogen and oxygen atoms in total. The average molecular weight is 758 g/mol. The largest absolute Gasteiger partial charge is 0.311 e. The van der Waals surface area contributed by atoms with Gasteiger partial charge in [0.1, 0.15) is 0 Å². The van der Waals surface area contributed by atoms with Crippen molar-refractivity contribution in [1.82, 2.24) is 4.57 Å². The van der Waals surface area contributed by atoms with E-state index in [1.54, 1.807) is 4.90 Å². The number of para-hydroxylation sites is 4. The zero-order chi connectivity index (χ0) is 42.6. The van der Waals surface area contributed by atoms with Gasteiger partial charge < -0.3 is 14.4 Å². The van der Waals surface area contributed by atoms with Crippen LogP contribution in [0.4, 0.5) is 34.1 Å². The summed E-state index contributed by atoms with van der Waals surface area (Å²) in [5.41, 5.74) is 9.03. The Morgan fingerprint density at radius 2 is 0.898 bits per heavy atom. The molecule has 59 heavy (non-hydrogen) atoms. The molecule has 1 heterocycles. The van der Waals surface area contributed by atoms with E-state index in [2.05, 4.69) is 137 Å². The van der Waals surface area contributed by atoms with Gasteiger partial charge in [0.15, 0.2) is 0 Å². The molecule has 0 radical (unpaired) electrons. The maximum Gasteiger partial charge on any atom is 0.0645 e. The van der Waals surface area contributed by atoms with Crippen molar-refractivity contribution in [3.63, 3.8) is 0 Å². The Morgan fingerprint density at radius 1 is 0.322 bits per heavy atom. The van der Waals surface area contributed by atoms with Crippen LogP contribution in [0.1, 0.15) is 5.48 Å². The highest BCUT2D eigenvalue weighted by atomic mass is 15.1. The lowest BCUT2D eigenvalue weighted by Gasteiger charge is -2.27. The van der Waals surface area contributed by atoms with Crippen LogP contribution in [0.3, 0.4) is 0 Å². The molecule has 0 fully saturated rings. The van der Waals surface area contributed by atoms with E-state index in [1.165, 1.54) is 5.39 Å². The van der Waals surface area contributed by atoms with E-state index in [4.69, 9.17) is 0 Å². The molecule has 0 bridgehead atoms. The third kappa shape index (κ3) is 6.17. The summed E-state index contributed by atoms with van der Waals surface area (Å²) in [6.45, 7) is 0. The van der Waals surface area contributed by atoms with Crippen LogP contribution < -0.4 is 9.80 Å². The number of hydrogen-bond donors (Lipinski definition) is 0. The molecule has 0 saturated carbocycles. The SMILES string of the molecule is [2H]c1c([2H])c(N(c2ccccc2)c2ccccc2)c([2H])c([2H])c1-c1ccc2cc(N(c3ccc4c(c3)c3ccccc3n4-c3ccccc3)c3cccc4ccccc34)ccc2c1. The van der Waals surface area contributed by atoms with Gasteiger partial charge >= 0.3 is 0 Å². The second-order valence-electron chi connectivity index (χ2n) is 14.7. The maximum absolute atomic E-state index is 9.32. The molecule has 1 aromatic heterocycles. The van der Waals surface area contributed by atoms with E-state index >= 15 is 0 Å². The van der Waals surface area contributed by atoms with E-state index in [1.807, 2.05) is 84.9 Å². The Kier molecular flexibility index (Phi) is 7.48. The van der Waals surface area contributed by atoms with Crippen molar-refractivity contribution in [1.29, 1.82) is 0 Å². The summed E-state index contributed by atoms with van der Waals surface area (Å²) in [4.78, 5) is 4.13. The first kappa shape index (κ1) is 30.3. The zero-order valence-corrected chi connectivity index (χ0v) is 32.0. The van der Waals surface area contributed by atoms with Crippen molar-refractivity contribution in [2.45, 2.75) is 0 Å². The van der Waals surface area contributed by atoms with Crippen molar-refractivity contribution in [2.75, 3.05) is 9.80 Å². The Bertz CT molecular complexity index is 3440. The summed E-state index contributed by atoms with van der Waals surface area (Å²) < 4.78 is 39.6. The van der Waals surface area contributed by atoms with Gasteiger partial charge in [0, 0.05) is 50.3 Å². The molecule has 0 spiro atoms. The van der Waals surface area contributed by atoms with Crippen molar-refractivity contribution in [3.8, 4) is 16.8 Å². The van der Waals surface area contributed by atoms with Gasteiger partial charge in [0.25, 0.3) is 0 Å². The van der Waals surface area contributed by atoms with E-state index in [9.17, 15) is 5.48 Å². The van der Waals surface area contributed by atoms with Crippen LogP contribution in [0.25, 0.3) is 60.2 Å². The van der Waals surface area contributed by atoms with Crippen LogP contribution in [-0.2, 0) is 0 Å². The molecule has 0 amide bonds. The third-order valence-corrected chi connectivity index (χ3v) is 11.2. The van der Waals surface area contributed by atoms with Gasteiger partial charge in [-0.25, -0.2) is 0 Å². The van der Waals surface area contributed by atoms with Crippen LogP contribution in [0, 0.1) is 0 Å². The van der Waals surface area contributed by atoms with E-state index < -0.39 is 0 Å².